The van der Waals surface area contributed by atoms with E-state index in [-0.39, 0.29) is 0 Å². The van der Waals surface area contributed by atoms with E-state index in [4.69, 9.17) is 11.6 Å². The zero-order valence-electron chi connectivity index (χ0n) is 14.7. The van der Waals surface area contributed by atoms with Crippen molar-refractivity contribution in [2.75, 3.05) is 13.6 Å². The molecule has 0 bridgehead atoms. The maximum Gasteiger partial charge on any atom is 0.191 e. The smallest absolute Gasteiger partial charge is 0.191 e. The molecule has 0 radical (unpaired) electrons. The average Bonchev–Trinajstić information content (AvgIpc) is 3.14. The first-order chi connectivity index (χ1) is 12.7. The number of benzene rings is 2. The molecular formula is C20H22ClN5. The second-order valence-corrected chi connectivity index (χ2v) is 6.30. The summed E-state index contributed by atoms with van der Waals surface area (Å²) in [5, 5.41) is 11.8. The number of para-hydroxylation sites is 1. The predicted octanol–water partition coefficient (Wildman–Crippen LogP) is 3.43. The Bertz CT molecular complexity index is 857. The number of guanidine groups is 1. The molecule has 2 N–H and O–H groups in total. The summed E-state index contributed by atoms with van der Waals surface area (Å²) >= 11 is 6.01. The Hall–Kier alpha value is -2.79. The lowest BCUT2D eigenvalue weighted by molar-refractivity contribution is 0.794. The van der Waals surface area contributed by atoms with Crippen LogP contribution in [0.25, 0.3) is 5.69 Å². The van der Waals surface area contributed by atoms with Crippen molar-refractivity contribution in [3.63, 3.8) is 0 Å². The highest BCUT2D eigenvalue weighted by Gasteiger charge is 2.03. The molecule has 0 aliphatic heterocycles. The molecule has 0 amide bonds. The van der Waals surface area contributed by atoms with Crippen LogP contribution >= 0.6 is 11.6 Å². The molecule has 0 atom stereocenters. The Kier molecular flexibility index (Phi) is 6.28. The minimum absolute atomic E-state index is 0.656. The number of rotatable bonds is 6. The maximum atomic E-state index is 6.01. The molecule has 0 spiro atoms. The lowest BCUT2D eigenvalue weighted by Crippen LogP contribution is -2.37. The van der Waals surface area contributed by atoms with Crippen molar-refractivity contribution in [2.24, 2.45) is 4.99 Å². The molecule has 0 saturated carbocycles. The van der Waals surface area contributed by atoms with Crippen molar-refractivity contribution >= 4 is 17.6 Å². The molecule has 5 nitrogen and oxygen atoms in total. The Labute approximate surface area is 158 Å². The van der Waals surface area contributed by atoms with Crippen molar-refractivity contribution in [3.05, 3.63) is 83.1 Å². The zero-order valence-corrected chi connectivity index (χ0v) is 15.4. The number of aromatic nitrogens is 2. The van der Waals surface area contributed by atoms with Gasteiger partial charge in [-0.1, -0.05) is 41.9 Å². The standard InChI is InChI=1S/C20H22ClN5/c1-22-20(23-11-10-16-6-5-7-18(21)12-16)24-13-17-14-25-26(15-17)19-8-3-2-4-9-19/h2-9,12,14-15H,10-11,13H2,1H3,(H2,22,23,24). The summed E-state index contributed by atoms with van der Waals surface area (Å²) in [5.41, 5.74) is 3.33. The van der Waals surface area contributed by atoms with Crippen molar-refractivity contribution in [1.29, 1.82) is 0 Å². The van der Waals surface area contributed by atoms with Crippen LogP contribution in [-0.4, -0.2) is 29.3 Å². The van der Waals surface area contributed by atoms with Gasteiger partial charge in [-0.3, -0.25) is 4.99 Å². The molecule has 3 rings (SSSR count). The van der Waals surface area contributed by atoms with Crippen LogP contribution in [0.15, 0.2) is 72.0 Å². The highest BCUT2D eigenvalue weighted by atomic mass is 35.5. The molecule has 6 heteroatoms. The van der Waals surface area contributed by atoms with Crippen LogP contribution in [0.1, 0.15) is 11.1 Å². The van der Waals surface area contributed by atoms with Gasteiger partial charge < -0.3 is 10.6 Å². The number of hydrogen-bond donors (Lipinski definition) is 2. The fourth-order valence-electron chi connectivity index (χ4n) is 2.60. The summed E-state index contributed by atoms with van der Waals surface area (Å²) < 4.78 is 1.87. The molecule has 0 saturated heterocycles. The number of halogens is 1. The van der Waals surface area contributed by atoms with Crippen molar-refractivity contribution in [3.8, 4) is 5.69 Å². The summed E-state index contributed by atoms with van der Waals surface area (Å²) in [6.07, 6.45) is 4.76. The summed E-state index contributed by atoms with van der Waals surface area (Å²) in [4.78, 5) is 4.26. The molecule has 2 aromatic carbocycles. The third-order valence-corrected chi connectivity index (χ3v) is 4.17. The zero-order chi connectivity index (χ0) is 18.2. The fraction of sp³-hybridized carbons (Fsp3) is 0.200. The number of nitrogens with one attached hydrogen (secondary N) is 2. The Morgan fingerprint density at radius 3 is 2.69 bits per heavy atom. The van der Waals surface area contributed by atoms with E-state index >= 15 is 0 Å². The molecule has 0 fully saturated rings. The SMILES string of the molecule is CN=C(NCCc1cccc(Cl)c1)NCc1cnn(-c2ccccc2)c1. The van der Waals surface area contributed by atoms with E-state index in [1.807, 2.05) is 65.6 Å². The molecule has 1 heterocycles. The van der Waals surface area contributed by atoms with Gasteiger partial charge in [0.05, 0.1) is 11.9 Å². The lowest BCUT2D eigenvalue weighted by atomic mass is 10.1. The van der Waals surface area contributed by atoms with Crippen LogP contribution in [0, 0.1) is 0 Å². The van der Waals surface area contributed by atoms with Crippen LogP contribution < -0.4 is 10.6 Å². The molecule has 3 aromatic rings. The number of aliphatic imine (C=N–C) groups is 1. The lowest BCUT2D eigenvalue weighted by Gasteiger charge is -2.11. The molecule has 0 unspecified atom stereocenters. The van der Waals surface area contributed by atoms with Crippen molar-refractivity contribution in [1.82, 2.24) is 20.4 Å². The number of hydrogen-bond acceptors (Lipinski definition) is 2. The normalized spacial score (nSPS) is 11.4. The van der Waals surface area contributed by atoms with E-state index < -0.39 is 0 Å². The minimum atomic E-state index is 0.656. The topological polar surface area (TPSA) is 54.2 Å². The first kappa shape index (κ1) is 18.0. The average molecular weight is 368 g/mol. The van der Waals surface area contributed by atoms with Gasteiger partial charge in [-0.2, -0.15) is 5.10 Å². The van der Waals surface area contributed by atoms with E-state index in [9.17, 15) is 0 Å². The van der Waals surface area contributed by atoms with Gasteiger partial charge in [0, 0.05) is 36.9 Å². The molecule has 0 aliphatic carbocycles. The van der Waals surface area contributed by atoms with E-state index in [1.165, 1.54) is 5.56 Å². The summed E-state index contributed by atoms with van der Waals surface area (Å²) in [7, 11) is 1.77. The van der Waals surface area contributed by atoms with Gasteiger partial charge in [0.25, 0.3) is 0 Å². The first-order valence-electron chi connectivity index (χ1n) is 8.52. The highest BCUT2D eigenvalue weighted by molar-refractivity contribution is 6.30. The van der Waals surface area contributed by atoms with Gasteiger partial charge in [-0.05, 0) is 36.2 Å². The third kappa shape index (κ3) is 5.10. The van der Waals surface area contributed by atoms with Crippen LogP contribution in [0.2, 0.25) is 5.02 Å². The largest absolute Gasteiger partial charge is 0.356 e. The minimum Gasteiger partial charge on any atom is -0.356 e. The second-order valence-electron chi connectivity index (χ2n) is 5.86. The second kappa shape index (κ2) is 9.06. The Morgan fingerprint density at radius 1 is 1.08 bits per heavy atom. The fourth-order valence-corrected chi connectivity index (χ4v) is 2.81. The van der Waals surface area contributed by atoms with Crippen LogP contribution in [0.3, 0.4) is 0 Å². The molecule has 134 valence electrons. The Balaban J connectivity index is 1.48. The third-order valence-electron chi connectivity index (χ3n) is 3.94. The summed E-state index contributed by atoms with van der Waals surface area (Å²) in [5.74, 6) is 0.763. The summed E-state index contributed by atoms with van der Waals surface area (Å²) in [6, 6.07) is 18.0. The van der Waals surface area contributed by atoms with Gasteiger partial charge >= 0.3 is 0 Å². The molecular weight excluding hydrogens is 346 g/mol. The summed E-state index contributed by atoms with van der Waals surface area (Å²) in [6.45, 7) is 1.44. The van der Waals surface area contributed by atoms with Crippen LogP contribution in [0.4, 0.5) is 0 Å². The molecule has 26 heavy (non-hydrogen) atoms. The van der Waals surface area contributed by atoms with Gasteiger partial charge in [-0.25, -0.2) is 4.68 Å². The van der Waals surface area contributed by atoms with Gasteiger partial charge in [0.2, 0.25) is 0 Å². The quantitative estimate of drug-likeness (QED) is 0.518. The van der Waals surface area contributed by atoms with E-state index in [1.54, 1.807) is 7.05 Å². The van der Waals surface area contributed by atoms with E-state index in [0.717, 1.165) is 35.2 Å². The van der Waals surface area contributed by atoms with Crippen molar-refractivity contribution < 1.29 is 0 Å². The monoisotopic (exact) mass is 367 g/mol. The number of nitrogens with zero attached hydrogens (tertiary/aromatic N) is 3. The maximum absolute atomic E-state index is 6.01. The van der Waals surface area contributed by atoms with E-state index in [2.05, 4.69) is 26.8 Å². The molecule has 1 aromatic heterocycles. The van der Waals surface area contributed by atoms with Gasteiger partial charge in [-0.15, -0.1) is 0 Å². The van der Waals surface area contributed by atoms with E-state index in [0.29, 0.717) is 6.54 Å². The van der Waals surface area contributed by atoms with Crippen LogP contribution in [-0.2, 0) is 13.0 Å². The van der Waals surface area contributed by atoms with Crippen LogP contribution in [0.5, 0.6) is 0 Å². The van der Waals surface area contributed by atoms with Gasteiger partial charge in [0.1, 0.15) is 0 Å². The first-order valence-corrected chi connectivity index (χ1v) is 8.90. The molecule has 0 aliphatic rings. The highest BCUT2D eigenvalue weighted by Crippen LogP contribution is 2.10. The predicted molar refractivity (Wildman–Crippen MR) is 107 cm³/mol. The Morgan fingerprint density at radius 2 is 1.92 bits per heavy atom. The van der Waals surface area contributed by atoms with Crippen molar-refractivity contribution in [2.45, 2.75) is 13.0 Å². The van der Waals surface area contributed by atoms with Gasteiger partial charge in [0.15, 0.2) is 5.96 Å².